The lowest BCUT2D eigenvalue weighted by Gasteiger charge is -2.46. The Balaban J connectivity index is 2.32. The van der Waals surface area contributed by atoms with Crippen molar-refractivity contribution in [1.29, 1.82) is 0 Å². The van der Waals surface area contributed by atoms with Gasteiger partial charge in [-0.25, -0.2) is 9.59 Å². The molecule has 6 N–H and O–H groups in total. The minimum Gasteiger partial charge on any atom is -0.442 e. The first-order chi connectivity index (χ1) is 17.2. The molecule has 2 amide bonds. The maximum absolute atomic E-state index is 13.0. The molecule has 0 spiro atoms. The van der Waals surface area contributed by atoms with Crippen LogP contribution < -0.4 is 11.2 Å². The number of rotatable bonds is 9. The van der Waals surface area contributed by atoms with E-state index in [1.165, 1.54) is 0 Å². The Morgan fingerprint density at radius 3 is 2.19 bits per heavy atom. The molecule has 1 atom stereocenters. The molecular formula is C27H39N3O7. The van der Waals surface area contributed by atoms with Crippen LogP contribution in [0.4, 0.5) is 9.59 Å². The molecule has 0 aliphatic carbocycles. The van der Waals surface area contributed by atoms with Crippen LogP contribution in [0.25, 0.3) is 11.1 Å². The van der Waals surface area contributed by atoms with E-state index in [1.807, 2.05) is 48.8 Å². The van der Waals surface area contributed by atoms with Gasteiger partial charge in [-0.05, 0) is 56.4 Å². The average Bonchev–Trinajstić information content (AvgIpc) is 2.81. The predicted octanol–water partition coefficient (Wildman–Crippen LogP) is 3.42. The van der Waals surface area contributed by atoms with E-state index in [1.54, 1.807) is 32.9 Å². The van der Waals surface area contributed by atoms with Gasteiger partial charge in [0.25, 0.3) is 0 Å². The second-order valence-electron chi connectivity index (χ2n) is 10.1. The normalized spacial score (nSPS) is 13.4. The number of nitrogens with one attached hydrogen (secondary N) is 1. The number of hydrogen-bond acceptors (Lipinski definition) is 8. The van der Waals surface area contributed by atoms with E-state index < -0.39 is 29.2 Å². The second kappa shape index (κ2) is 12.4. The fourth-order valence-corrected chi connectivity index (χ4v) is 3.78. The molecular weight excluding hydrogens is 478 g/mol. The molecule has 0 heterocycles. The van der Waals surface area contributed by atoms with Crippen molar-refractivity contribution in [2.45, 2.75) is 77.5 Å². The van der Waals surface area contributed by atoms with E-state index in [2.05, 4.69) is 0 Å². The smallest absolute Gasteiger partial charge is 0.441 e. The maximum Gasteiger partial charge on any atom is 0.441 e. The molecule has 2 aromatic carbocycles. The third-order valence-electron chi connectivity index (χ3n) is 5.80. The summed E-state index contributed by atoms with van der Waals surface area (Å²) >= 11 is 0. The van der Waals surface area contributed by atoms with Crippen molar-refractivity contribution in [1.82, 2.24) is 10.4 Å². The van der Waals surface area contributed by atoms with Crippen LogP contribution in [-0.4, -0.2) is 56.0 Å². The molecule has 10 heteroatoms. The van der Waals surface area contributed by atoms with E-state index in [0.29, 0.717) is 18.4 Å². The zero-order valence-electron chi connectivity index (χ0n) is 22.2. The van der Waals surface area contributed by atoms with Gasteiger partial charge in [0.15, 0.2) is 11.4 Å². The van der Waals surface area contributed by atoms with Crippen molar-refractivity contribution < 1.29 is 34.5 Å². The molecule has 204 valence electrons. The van der Waals surface area contributed by atoms with Gasteiger partial charge in [-0.2, -0.15) is 0 Å². The standard InChI is InChI=1S/C27H39N3O7/c1-6-7-16-30(24(33)37-29-23(32)36-25(2,3)4)27(28,26(5,34)35)17-19-12-14-20(15-13-19)22-11-9-8-10-21(22)18-31/h8-15,31,34-35H,6-7,16-18,28H2,1-5H3,(H,29,32). The number of unbranched alkanes of at least 4 members (excludes halogenated alkanes) is 1. The number of hydroxylamine groups is 1. The summed E-state index contributed by atoms with van der Waals surface area (Å²) < 4.78 is 5.07. The zero-order chi connectivity index (χ0) is 27.9. The molecule has 37 heavy (non-hydrogen) atoms. The highest BCUT2D eigenvalue weighted by atomic mass is 16.7. The van der Waals surface area contributed by atoms with Gasteiger partial charge < -0.3 is 30.6 Å². The van der Waals surface area contributed by atoms with Crippen molar-refractivity contribution in [3.05, 3.63) is 59.7 Å². The van der Waals surface area contributed by atoms with Gasteiger partial charge in [-0.3, -0.25) is 4.90 Å². The summed E-state index contributed by atoms with van der Waals surface area (Å²) in [5.41, 5.74) is 8.76. The Labute approximate surface area is 217 Å². The maximum atomic E-state index is 13.0. The van der Waals surface area contributed by atoms with Crippen molar-refractivity contribution in [2.75, 3.05) is 6.54 Å². The van der Waals surface area contributed by atoms with Gasteiger partial charge in [0.2, 0.25) is 0 Å². The lowest BCUT2D eigenvalue weighted by atomic mass is 9.89. The van der Waals surface area contributed by atoms with Gasteiger partial charge in [-0.15, -0.1) is 5.48 Å². The summed E-state index contributed by atoms with van der Waals surface area (Å²) in [6, 6.07) is 14.6. The minimum absolute atomic E-state index is 0.0422. The first-order valence-corrected chi connectivity index (χ1v) is 12.2. The number of hydrogen-bond donors (Lipinski definition) is 5. The first-order valence-electron chi connectivity index (χ1n) is 12.2. The molecule has 0 aromatic heterocycles. The van der Waals surface area contributed by atoms with Crippen LogP contribution in [0.3, 0.4) is 0 Å². The van der Waals surface area contributed by atoms with E-state index in [0.717, 1.165) is 28.5 Å². The molecule has 1 unspecified atom stereocenters. The van der Waals surface area contributed by atoms with Crippen molar-refractivity contribution in [3.63, 3.8) is 0 Å². The summed E-state index contributed by atoms with van der Waals surface area (Å²) in [6.07, 6.45) is -0.999. The number of aliphatic hydroxyl groups excluding tert-OH is 1. The third-order valence-corrected chi connectivity index (χ3v) is 5.80. The number of aliphatic hydroxyl groups is 3. The molecule has 0 saturated heterocycles. The minimum atomic E-state index is -2.53. The summed E-state index contributed by atoms with van der Waals surface area (Å²) in [4.78, 5) is 30.9. The summed E-state index contributed by atoms with van der Waals surface area (Å²) in [7, 11) is 0. The van der Waals surface area contributed by atoms with Crippen LogP contribution in [0, 0.1) is 0 Å². The predicted molar refractivity (Wildman–Crippen MR) is 139 cm³/mol. The van der Waals surface area contributed by atoms with E-state index in [4.69, 9.17) is 15.3 Å². The van der Waals surface area contributed by atoms with Gasteiger partial charge in [-0.1, -0.05) is 61.9 Å². The van der Waals surface area contributed by atoms with Crippen molar-refractivity contribution >= 4 is 12.2 Å². The van der Waals surface area contributed by atoms with Gasteiger partial charge in [0.1, 0.15) is 5.60 Å². The first kappa shape index (κ1) is 30.0. The summed E-state index contributed by atoms with van der Waals surface area (Å²) in [5, 5.41) is 31.0. The average molecular weight is 518 g/mol. The Morgan fingerprint density at radius 2 is 1.65 bits per heavy atom. The molecule has 0 saturated carbocycles. The summed E-state index contributed by atoms with van der Waals surface area (Å²) in [5.74, 6) is -2.53. The zero-order valence-corrected chi connectivity index (χ0v) is 22.2. The lowest BCUT2D eigenvalue weighted by Crippen LogP contribution is -2.72. The van der Waals surface area contributed by atoms with Crippen LogP contribution in [0.15, 0.2) is 48.5 Å². The highest BCUT2D eigenvalue weighted by Crippen LogP contribution is 2.30. The SMILES string of the molecule is CCCCN(C(=O)ONC(=O)OC(C)(C)C)C(N)(Cc1ccc(-c2ccccc2CO)cc1)C(C)(O)O. The molecule has 0 radical (unpaired) electrons. The van der Waals surface area contributed by atoms with Crippen molar-refractivity contribution in [3.8, 4) is 11.1 Å². The number of nitrogens with zero attached hydrogens (tertiary/aromatic N) is 1. The number of carbonyl (C=O) groups excluding carboxylic acids is 2. The highest BCUT2D eigenvalue weighted by Gasteiger charge is 2.50. The van der Waals surface area contributed by atoms with Crippen LogP contribution in [-0.2, 0) is 22.6 Å². The highest BCUT2D eigenvalue weighted by molar-refractivity contribution is 5.73. The Morgan fingerprint density at radius 1 is 1.03 bits per heavy atom. The molecule has 0 aliphatic rings. The number of amides is 2. The fraction of sp³-hybridized carbons (Fsp3) is 0.481. The molecule has 2 aromatic rings. The molecule has 0 aliphatic heterocycles. The molecule has 0 fully saturated rings. The molecule has 10 nitrogen and oxygen atoms in total. The number of benzene rings is 2. The fourth-order valence-electron chi connectivity index (χ4n) is 3.78. The lowest BCUT2D eigenvalue weighted by molar-refractivity contribution is -0.231. The largest absolute Gasteiger partial charge is 0.442 e. The Kier molecular flexibility index (Phi) is 10.0. The molecule has 2 rings (SSSR count). The van der Waals surface area contributed by atoms with Gasteiger partial charge in [0, 0.05) is 13.0 Å². The third kappa shape index (κ3) is 8.16. The summed E-state index contributed by atoms with van der Waals surface area (Å²) in [6.45, 7) is 7.90. The van der Waals surface area contributed by atoms with Crippen LogP contribution in [0.2, 0.25) is 0 Å². The van der Waals surface area contributed by atoms with Crippen LogP contribution in [0.1, 0.15) is 58.6 Å². The van der Waals surface area contributed by atoms with Crippen molar-refractivity contribution in [2.24, 2.45) is 5.73 Å². The van der Waals surface area contributed by atoms with Crippen LogP contribution >= 0.6 is 0 Å². The number of carbonyl (C=O) groups is 2. The quantitative estimate of drug-likeness (QED) is 0.250. The molecule has 0 bridgehead atoms. The number of nitrogens with two attached hydrogens (primary N) is 1. The number of ether oxygens (including phenoxy) is 1. The van der Waals surface area contributed by atoms with Gasteiger partial charge >= 0.3 is 12.2 Å². The second-order valence-corrected chi connectivity index (χ2v) is 10.1. The van der Waals surface area contributed by atoms with Crippen LogP contribution in [0.5, 0.6) is 0 Å². The Bertz CT molecular complexity index is 1050. The van der Waals surface area contributed by atoms with E-state index in [-0.39, 0.29) is 19.6 Å². The topological polar surface area (TPSA) is 155 Å². The van der Waals surface area contributed by atoms with E-state index in [9.17, 15) is 24.9 Å². The van der Waals surface area contributed by atoms with E-state index >= 15 is 0 Å². The Hall–Kier alpha value is -3.18. The monoisotopic (exact) mass is 517 g/mol. The van der Waals surface area contributed by atoms with Gasteiger partial charge in [0.05, 0.1) is 6.61 Å².